The first-order valence-corrected chi connectivity index (χ1v) is 10.8. The first-order chi connectivity index (χ1) is 15.2. The van der Waals surface area contributed by atoms with Gasteiger partial charge in [-0.15, -0.1) is 11.3 Å². The minimum absolute atomic E-state index is 0.102. The Hall–Kier alpha value is -3.25. The van der Waals surface area contributed by atoms with Crippen LogP contribution in [-0.4, -0.2) is 54.1 Å². The predicted molar refractivity (Wildman–Crippen MR) is 127 cm³/mol. The third-order valence-electron chi connectivity index (χ3n) is 4.65. The highest BCUT2D eigenvalue weighted by Gasteiger charge is 2.27. The molecule has 0 saturated carbocycles. The summed E-state index contributed by atoms with van der Waals surface area (Å²) in [6.45, 7) is 6.50. The summed E-state index contributed by atoms with van der Waals surface area (Å²) < 4.78 is 10.1. The van der Waals surface area contributed by atoms with Gasteiger partial charge in [0, 0.05) is 19.2 Å². The summed E-state index contributed by atoms with van der Waals surface area (Å²) in [5.74, 6) is -0.571. The van der Waals surface area contributed by atoms with Gasteiger partial charge in [0.25, 0.3) is 11.6 Å². The number of thiocarbonyl (C=S) groups is 1. The number of carbonyl (C=O) groups is 2. The van der Waals surface area contributed by atoms with Crippen molar-refractivity contribution in [3.8, 4) is 5.75 Å². The van der Waals surface area contributed by atoms with E-state index in [1.807, 2.05) is 13.8 Å². The Morgan fingerprint density at radius 3 is 2.41 bits per heavy atom. The lowest BCUT2D eigenvalue weighted by Crippen LogP contribution is -2.30. The molecule has 0 bridgehead atoms. The van der Waals surface area contributed by atoms with E-state index in [-0.39, 0.29) is 28.0 Å². The lowest BCUT2D eigenvalue weighted by Gasteiger charge is -2.18. The number of nitrogens with zero attached hydrogens (tertiary/aromatic N) is 2. The molecule has 0 radical (unpaired) electrons. The van der Waals surface area contributed by atoms with E-state index in [0.717, 1.165) is 11.3 Å². The molecule has 0 aliphatic carbocycles. The Balaban J connectivity index is 2.36. The number of benzene rings is 1. The van der Waals surface area contributed by atoms with Crippen LogP contribution < -0.4 is 15.4 Å². The summed E-state index contributed by atoms with van der Waals surface area (Å²) in [6.07, 6.45) is 0. The quantitative estimate of drug-likeness (QED) is 0.249. The van der Waals surface area contributed by atoms with Crippen LogP contribution in [0.3, 0.4) is 0 Å². The van der Waals surface area contributed by atoms with Crippen LogP contribution in [0.1, 0.15) is 39.4 Å². The maximum absolute atomic E-state index is 12.9. The number of ether oxygens (including phenoxy) is 2. The summed E-state index contributed by atoms with van der Waals surface area (Å²) >= 11 is 6.46. The second-order valence-corrected chi connectivity index (χ2v) is 7.88. The third kappa shape index (κ3) is 5.32. The highest BCUT2D eigenvalue weighted by atomic mass is 32.1. The highest BCUT2D eigenvalue weighted by Crippen LogP contribution is 2.35. The van der Waals surface area contributed by atoms with E-state index in [4.69, 9.17) is 21.7 Å². The summed E-state index contributed by atoms with van der Waals surface area (Å²) in [5, 5.41) is 17.3. The topological polar surface area (TPSA) is 123 Å². The molecule has 1 heterocycles. The van der Waals surface area contributed by atoms with Crippen LogP contribution in [0.5, 0.6) is 5.75 Å². The molecule has 0 aliphatic heterocycles. The Morgan fingerprint density at radius 1 is 1.22 bits per heavy atom. The fourth-order valence-corrected chi connectivity index (χ4v) is 4.41. The lowest BCUT2D eigenvalue weighted by molar-refractivity contribution is -0.384. The molecule has 1 aromatic carbocycles. The number of carbonyl (C=O) groups excluding carboxylic acids is 2. The Morgan fingerprint density at radius 2 is 1.88 bits per heavy atom. The zero-order chi connectivity index (χ0) is 24.0. The third-order valence-corrected chi connectivity index (χ3v) is 6.05. The second-order valence-electron chi connectivity index (χ2n) is 6.45. The maximum atomic E-state index is 12.9. The Bertz CT molecular complexity index is 1050. The molecule has 0 saturated heterocycles. The van der Waals surface area contributed by atoms with Crippen LogP contribution >= 0.6 is 23.6 Å². The van der Waals surface area contributed by atoms with Crippen molar-refractivity contribution >= 4 is 56.9 Å². The van der Waals surface area contributed by atoms with E-state index < -0.39 is 10.9 Å². The van der Waals surface area contributed by atoms with Crippen molar-refractivity contribution in [2.45, 2.75) is 20.8 Å². The van der Waals surface area contributed by atoms with Crippen LogP contribution in [0.15, 0.2) is 18.2 Å². The molecule has 12 heteroatoms. The number of non-ortho nitro benzene ring substituents is 1. The van der Waals surface area contributed by atoms with E-state index in [1.165, 1.54) is 32.4 Å². The molecule has 0 spiro atoms. The second kappa shape index (κ2) is 10.9. The molecule has 32 heavy (non-hydrogen) atoms. The van der Waals surface area contributed by atoms with Gasteiger partial charge in [0.1, 0.15) is 10.8 Å². The van der Waals surface area contributed by atoms with E-state index >= 15 is 0 Å². The van der Waals surface area contributed by atoms with Crippen LogP contribution in [0, 0.1) is 17.0 Å². The molecular formula is C20H24N4O6S2. The number of nitrogens with one attached hydrogen (secondary N) is 2. The van der Waals surface area contributed by atoms with Crippen molar-refractivity contribution in [3.63, 3.8) is 0 Å². The first-order valence-electron chi connectivity index (χ1n) is 9.59. The normalized spacial score (nSPS) is 10.3. The minimum Gasteiger partial charge on any atom is -0.494 e. The number of methoxy groups -OCH3 is 2. The van der Waals surface area contributed by atoms with Gasteiger partial charge < -0.3 is 25.0 Å². The number of anilines is 2. The summed E-state index contributed by atoms with van der Waals surface area (Å²) in [6, 6.07) is 4.03. The monoisotopic (exact) mass is 480 g/mol. The van der Waals surface area contributed by atoms with Crippen LogP contribution in [0.25, 0.3) is 0 Å². The van der Waals surface area contributed by atoms with Gasteiger partial charge >= 0.3 is 5.97 Å². The number of esters is 1. The molecule has 0 fully saturated rings. The lowest BCUT2D eigenvalue weighted by atomic mass is 10.1. The maximum Gasteiger partial charge on any atom is 0.341 e. The molecule has 1 amide bonds. The number of nitro benzene ring substituents is 1. The molecule has 2 N–H and O–H groups in total. The molecule has 172 valence electrons. The van der Waals surface area contributed by atoms with Crippen molar-refractivity contribution in [1.82, 2.24) is 4.90 Å². The van der Waals surface area contributed by atoms with Gasteiger partial charge in [-0.2, -0.15) is 0 Å². The van der Waals surface area contributed by atoms with Crippen LogP contribution in [-0.2, 0) is 4.74 Å². The average Bonchev–Trinajstić information content (AvgIpc) is 3.09. The van der Waals surface area contributed by atoms with Crippen molar-refractivity contribution in [1.29, 1.82) is 0 Å². The van der Waals surface area contributed by atoms with E-state index in [9.17, 15) is 19.7 Å². The smallest absolute Gasteiger partial charge is 0.341 e. The molecule has 10 nitrogen and oxygen atoms in total. The van der Waals surface area contributed by atoms with Crippen molar-refractivity contribution in [2.75, 3.05) is 37.9 Å². The van der Waals surface area contributed by atoms with E-state index in [0.29, 0.717) is 34.2 Å². The number of hydrogen-bond donors (Lipinski definition) is 2. The van der Waals surface area contributed by atoms with E-state index in [1.54, 1.807) is 11.8 Å². The van der Waals surface area contributed by atoms with Gasteiger partial charge in [-0.25, -0.2) is 4.79 Å². The summed E-state index contributed by atoms with van der Waals surface area (Å²) in [7, 11) is 2.64. The molecule has 2 rings (SSSR count). The molecule has 2 aromatic rings. The first kappa shape index (κ1) is 25.0. The van der Waals surface area contributed by atoms with Crippen molar-refractivity contribution in [3.05, 3.63) is 44.3 Å². The number of thiophene rings is 1. The average molecular weight is 481 g/mol. The molecular weight excluding hydrogens is 456 g/mol. The minimum atomic E-state index is -0.601. The predicted octanol–water partition coefficient (Wildman–Crippen LogP) is 4.05. The van der Waals surface area contributed by atoms with Gasteiger partial charge in [0.2, 0.25) is 0 Å². The van der Waals surface area contributed by atoms with Crippen LogP contribution in [0.2, 0.25) is 0 Å². The number of rotatable bonds is 8. The zero-order valence-corrected chi connectivity index (χ0v) is 19.9. The number of amides is 1. The fraction of sp³-hybridized carbons (Fsp3) is 0.350. The standard InChI is InChI=1S/C20H24N4O6S2/c1-6-23(7-2)18(25)16-11(3)15(19(26)30-5)17(32-16)22-20(31)21-13-9-8-12(24(27)28)10-14(13)29-4/h8-10H,6-7H2,1-5H3,(H2,21,22,31). The van der Waals surface area contributed by atoms with Crippen molar-refractivity contribution < 1.29 is 24.0 Å². The number of hydrogen-bond acceptors (Lipinski definition) is 8. The van der Waals surface area contributed by atoms with Gasteiger partial charge in [-0.3, -0.25) is 14.9 Å². The van der Waals surface area contributed by atoms with E-state index in [2.05, 4.69) is 10.6 Å². The molecule has 1 aromatic heterocycles. The molecule has 0 unspecified atom stereocenters. The molecule has 0 atom stereocenters. The van der Waals surface area contributed by atoms with Gasteiger partial charge in [0.05, 0.1) is 41.3 Å². The largest absolute Gasteiger partial charge is 0.494 e. The van der Waals surface area contributed by atoms with Crippen LogP contribution in [0.4, 0.5) is 16.4 Å². The summed E-state index contributed by atoms with van der Waals surface area (Å²) in [4.78, 5) is 37.8. The summed E-state index contributed by atoms with van der Waals surface area (Å²) in [5.41, 5.74) is 0.973. The highest BCUT2D eigenvalue weighted by molar-refractivity contribution is 7.80. The zero-order valence-electron chi connectivity index (χ0n) is 18.3. The Kier molecular flexibility index (Phi) is 8.49. The van der Waals surface area contributed by atoms with Gasteiger partial charge in [-0.05, 0) is 44.6 Å². The number of nitro groups is 1. The Labute approximate surface area is 194 Å². The fourth-order valence-electron chi connectivity index (χ4n) is 2.96. The van der Waals surface area contributed by atoms with Crippen molar-refractivity contribution in [2.24, 2.45) is 0 Å². The SMILES string of the molecule is CCN(CC)C(=O)c1sc(NC(=S)Nc2ccc([N+](=O)[O-])cc2OC)c(C(=O)OC)c1C. The molecule has 0 aliphatic rings. The van der Waals surface area contributed by atoms with Gasteiger partial charge in [-0.1, -0.05) is 0 Å². The van der Waals surface area contributed by atoms with Gasteiger partial charge in [0.15, 0.2) is 5.11 Å².